The molecule has 0 aromatic carbocycles. The number of pyridine rings is 2. The second kappa shape index (κ2) is 7.88. The maximum atomic E-state index is 14.7. The quantitative estimate of drug-likeness (QED) is 0.481. The molecule has 1 amide bonds. The van der Waals surface area contributed by atoms with E-state index in [0.717, 1.165) is 12.0 Å². The lowest BCUT2D eigenvalue weighted by atomic mass is 9.83. The Kier molecular flexibility index (Phi) is 5.52. The molecule has 2 aromatic heterocycles. The van der Waals surface area contributed by atoms with Crippen LogP contribution in [0.15, 0.2) is 24.5 Å². The molecule has 12 heteroatoms. The molecule has 1 spiro atoms. The van der Waals surface area contributed by atoms with Crippen LogP contribution in [0, 0.1) is 5.82 Å². The number of rotatable bonds is 2. The van der Waals surface area contributed by atoms with Crippen LogP contribution in [0.25, 0.3) is 0 Å². The van der Waals surface area contributed by atoms with E-state index in [2.05, 4.69) is 9.97 Å². The zero-order chi connectivity index (χ0) is 22.4. The Morgan fingerprint density at radius 1 is 1.32 bits per heavy atom. The fraction of sp³-hybridized carbons (Fsp3) is 0.421. The summed E-state index contributed by atoms with van der Waals surface area (Å²) in [7, 11) is 1.07. The van der Waals surface area contributed by atoms with Gasteiger partial charge in [0.05, 0.1) is 37.5 Å². The molecule has 1 unspecified atom stereocenters. The summed E-state index contributed by atoms with van der Waals surface area (Å²) in [5, 5.41) is 0.0785. The molecule has 166 valence electrons. The minimum atomic E-state index is -4.79. The molecule has 4 rings (SSSR count). The molecule has 1 atom stereocenters. The lowest BCUT2D eigenvalue weighted by molar-refractivity contribution is -0.177. The highest BCUT2D eigenvalue weighted by Gasteiger charge is 2.49. The van der Waals surface area contributed by atoms with Crippen molar-refractivity contribution >= 4 is 23.5 Å². The number of methoxy groups -OCH3 is 1. The van der Waals surface area contributed by atoms with Gasteiger partial charge in [-0.1, -0.05) is 11.6 Å². The topological polar surface area (TPSA) is 73.8 Å². The SMILES string of the molecule is COC(=O)N(c1ncc(C(F)(F)F)cc1F)C1CCC2(OCCO2)c2c1ccnc2Cl. The molecule has 7 nitrogen and oxygen atoms in total. The van der Waals surface area contributed by atoms with Crippen LogP contribution in [0.1, 0.15) is 35.6 Å². The largest absolute Gasteiger partial charge is 0.452 e. The predicted octanol–water partition coefficient (Wildman–Crippen LogP) is 4.60. The number of anilines is 1. The monoisotopic (exact) mass is 461 g/mol. The van der Waals surface area contributed by atoms with Crippen LogP contribution < -0.4 is 4.90 Å². The fourth-order valence-electron chi connectivity index (χ4n) is 3.95. The van der Waals surface area contributed by atoms with Crippen LogP contribution in [0.3, 0.4) is 0 Å². The predicted molar refractivity (Wildman–Crippen MR) is 98.9 cm³/mol. The zero-order valence-electron chi connectivity index (χ0n) is 16.1. The number of carbonyl (C=O) groups is 1. The third-order valence-electron chi connectivity index (χ3n) is 5.24. The van der Waals surface area contributed by atoms with Crippen molar-refractivity contribution in [1.82, 2.24) is 9.97 Å². The van der Waals surface area contributed by atoms with E-state index in [-0.39, 0.29) is 24.1 Å². The lowest BCUT2D eigenvalue weighted by Crippen LogP contribution is -2.43. The van der Waals surface area contributed by atoms with Crippen LogP contribution in [0.5, 0.6) is 0 Å². The van der Waals surface area contributed by atoms with Crippen molar-refractivity contribution in [2.45, 2.75) is 30.8 Å². The van der Waals surface area contributed by atoms with Crippen molar-refractivity contribution in [2.24, 2.45) is 0 Å². The van der Waals surface area contributed by atoms with E-state index in [0.29, 0.717) is 30.5 Å². The van der Waals surface area contributed by atoms with Crippen LogP contribution in [0.4, 0.5) is 28.2 Å². The molecule has 1 saturated heterocycles. The van der Waals surface area contributed by atoms with Gasteiger partial charge < -0.3 is 14.2 Å². The second-order valence-corrected chi connectivity index (χ2v) is 7.30. The van der Waals surface area contributed by atoms with Gasteiger partial charge in [-0.05, 0) is 24.1 Å². The number of nitrogens with zero attached hydrogens (tertiary/aromatic N) is 3. The third-order valence-corrected chi connectivity index (χ3v) is 5.52. The molecule has 0 bridgehead atoms. The Hall–Kier alpha value is -2.50. The number of alkyl halides is 3. The van der Waals surface area contributed by atoms with Gasteiger partial charge in [-0.3, -0.25) is 4.90 Å². The summed E-state index contributed by atoms with van der Waals surface area (Å²) < 4.78 is 69.9. The highest BCUT2D eigenvalue weighted by atomic mass is 35.5. The number of fused-ring (bicyclic) bond motifs is 2. The van der Waals surface area contributed by atoms with Gasteiger partial charge >= 0.3 is 12.3 Å². The number of halogens is 5. The molecule has 0 radical (unpaired) electrons. The summed E-state index contributed by atoms with van der Waals surface area (Å²) in [6.07, 6.45) is -3.48. The third kappa shape index (κ3) is 3.70. The Morgan fingerprint density at radius 2 is 2.03 bits per heavy atom. The summed E-state index contributed by atoms with van der Waals surface area (Å²) in [5.74, 6) is -3.09. The molecule has 1 fully saturated rings. The van der Waals surface area contributed by atoms with E-state index in [4.69, 9.17) is 25.8 Å². The van der Waals surface area contributed by atoms with Gasteiger partial charge in [-0.25, -0.2) is 19.2 Å². The van der Waals surface area contributed by atoms with Crippen molar-refractivity contribution < 1.29 is 36.6 Å². The van der Waals surface area contributed by atoms with E-state index < -0.39 is 41.3 Å². The highest BCUT2D eigenvalue weighted by Crippen LogP contribution is 2.50. The molecule has 0 saturated carbocycles. The van der Waals surface area contributed by atoms with E-state index in [1.807, 2.05) is 0 Å². The minimum Gasteiger partial charge on any atom is -0.452 e. The average Bonchev–Trinajstić information content (AvgIpc) is 3.19. The normalized spacial score (nSPS) is 19.9. The number of ether oxygens (including phenoxy) is 3. The van der Waals surface area contributed by atoms with E-state index in [1.54, 1.807) is 6.07 Å². The molecule has 31 heavy (non-hydrogen) atoms. The van der Waals surface area contributed by atoms with Gasteiger partial charge in [0, 0.05) is 18.8 Å². The van der Waals surface area contributed by atoms with Crippen molar-refractivity contribution in [3.63, 3.8) is 0 Å². The molecule has 2 aromatic rings. The average molecular weight is 462 g/mol. The van der Waals surface area contributed by atoms with Gasteiger partial charge in [-0.2, -0.15) is 13.2 Å². The Labute approximate surface area is 178 Å². The summed E-state index contributed by atoms with van der Waals surface area (Å²) in [6, 6.07) is 0.988. The number of hydrogen-bond donors (Lipinski definition) is 0. The fourth-order valence-corrected chi connectivity index (χ4v) is 4.26. The van der Waals surface area contributed by atoms with Crippen LogP contribution in [0.2, 0.25) is 5.15 Å². The number of carbonyl (C=O) groups excluding carboxylic acids is 1. The summed E-state index contributed by atoms with van der Waals surface area (Å²) in [5.41, 5.74) is -0.451. The minimum absolute atomic E-state index is 0.0785. The second-order valence-electron chi connectivity index (χ2n) is 6.94. The Bertz CT molecular complexity index is 1010. The molecule has 1 aliphatic carbocycles. The Balaban J connectivity index is 1.83. The first kappa shape index (κ1) is 21.7. The van der Waals surface area contributed by atoms with Crippen LogP contribution in [-0.2, 0) is 26.2 Å². The lowest BCUT2D eigenvalue weighted by Gasteiger charge is -2.41. The van der Waals surface area contributed by atoms with Crippen molar-refractivity contribution in [3.8, 4) is 0 Å². The van der Waals surface area contributed by atoms with E-state index >= 15 is 0 Å². The maximum absolute atomic E-state index is 14.7. The van der Waals surface area contributed by atoms with Crippen molar-refractivity contribution in [2.75, 3.05) is 25.2 Å². The smallest absolute Gasteiger partial charge is 0.417 e. The van der Waals surface area contributed by atoms with E-state index in [1.165, 1.54) is 6.20 Å². The molecule has 1 aliphatic heterocycles. The Morgan fingerprint density at radius 3 is 2.65 bits per heavy atom. The standard InChI is InChI=1S/C19H16ClF4N3O4/c1-29-17(28)27(16-12(21)8-10(9-26-16)19(22,23)24)13-2-4-18(30-6-7-31-18)14-11(13)3-5-25-15(14)20/h3,5,8-9,13H,2,4,6-7H2,1H3. The highest BCUT2D eigenvalue weighted by molar-refractivity contribution is 6.30. The first-order valence-corrected chi connectivity index (χ1v) is 9.58. The molecule has 2 aliphatic rings. The van der Waals surface area contributed by atoms with Crippen molar-refractivity contribution in [1.29, 1.82) is 0 Å². The molecule has 3 heterocycles. The number of amides is 1. The van der Waals surface area contributed by atoms with Gasteiger partial charge in [0.25, 0.3) is 0 Å². The summed E-state index contributed by atoms with van der Waals surface area (Å²) in [4.78, 5) is 21.1. The molecular formula is C19H16ClF4N3O4. The van der Waals surface area contributed by atoms with Gasteiger partial charge in [0.2, 0.25) is 0 Å². The number of aromatic nitrogens is 2. The first-order valence-electron chi connectivity index (χ1n) is 9.20. The van der Waals surface area contributed by atoms with Gasteiger partial charge in [0.15, 0.2) is 17.4 Å². The summed E-state index contributed by atoms with van der Waals surface area (Å²) >= 11 is 6.32. The maximum Gasteiger partial charge on any atom is 0.417 e. The van der Waals surface area contributed by atoms with Crippen molar-refractivity contribution in [3.05, 3.63) is 52.2 Å². The van der Waals surface area contributed by atoms with Gasteiger partial charge in [-0.15, -0.1) is 0 Å². The summed E-state index contributed by atoms with van der Waals surface area (Å²) in [6.45, 7) is 0.649. The first-order chi connectivity index (χ1) is 14.7. The molecular weight excluding hydrogens is 446 g/mol. The van der Waals surface area contributed by atoms with Crippen LogP contribution in [-0.4, -0.2) is 36.4 Å². The number of hydrogen-bond acceptors (Lipinski definition) is 6. The molecule has 0 N–H and O–H groups in total. The van der Waals surface area contributed by atoms with E-state index in [9.17, 15) is 22.4 Å². The van der Waals surface area contributed by atoms with Crippen LogP contribution >= 0.6 is 11.6 Å². The van der Waals surface area contributed by atoms with Gasteiger partial charge in [0.1, 0.15) is 5.15 Å². The zero-order valence-corrected chi connectivity index (χ0v) is 16.8.